The second kappa shape index (κ2) is 9.98. The smallest absolute Gasteiger partial charge is 0.416 e. The topological polar surface area (TPSA) is 51.5 Å². The van der Waals surface area contributed by atoms with Gasteiger partial charge in [-0.3, -0.25) is 9.59 Å². The van der Waals surface area contributed by atoms with Gasteiger partial charge >= 0.3 is 12.1 Å². The highest BCUT2D eigenvalue weighted by Crippen LogP contribution is 2.36. The molecule has 0 spiro atoms. The van der Waals surface area contributed by atoms with Gasteiger partial charge in [0.1, 0.15) is 0 Å². The molecular formula is C26H25Cl2F3N2O3. The molecule has 2 heterocycles. The molecule has 1 aliphatic heterocycles. The zero-order chi connectivity index (χ0) is 26.4. The predicted molar refractivity (Wildman–Crippen MR) is 133 cm³/mol. The lowest BCUT2D eigenvalue weighted by molar-refractivity contribution is -0.146. The Morgan fingerprint density at radius 2 is 1.78 bits per heavy atom. The van der Waals surface area contributed by atoms with Crippen LogP contribution in [0.4, 0.5) is 13.2 Å². The van der Waals surface area contributed by atoms with E-state index in [-0.39, 0.29) is 29.2 Å². The fraction of sp³-hybridized carbons (Fsp3) is 0.385. The average molecular weight is 541 g/mol. The number of carbonyl (C=O) groups is 2. The van der Waals surface area contributed by atoms with Gasteiger partial charge in [-0.05, 0) is 61.2 Å². The van der Waals surface area contributed by atoms with E-state index in [4.69, 9.17) is 27.9 Å². The molecule has 1 aromatic heterocycles. The molecule has 0 unspecified atom stereocenters. The fourth-order valence-corrected chi connectivity index (χ4v) is 5.34. The molecule has 5 nitrogen and oxygen atoms in total. The molecule has 0 bridgehead atoms. The lowest BCUT2D eigenvalue weighted by Gasteiger charge is -2.31. The maximum atomic E-state index is 13.3. The number of ether oxygens (including phenoxy) is 1. The number of amides is 1. The summed E-state index contributed by atoms with van der Waals surface area (Å²) in [6.45, 7) is 2.44. The van der Waals surface area contributed by atoms with Crippen molar-refractivity contribution in [2.75, 3.05) is 20.2 Å². The van der Waals surface area contributed by atoms with Crippen molar-refractivity contribution >= 4 is 46.0 Å². The molecule has 0 atom stereocenters. The van der Waals surface area contributed by atoms with Crippen LogP contribution in [0.2, 0.25) is 10.0 Å². The first-order valence-corrected chi connectivity index (χ1v) is 12.2. The number of methoxy groups -OCH3 is 1. The maximum absolute atomic E-state index is 13.3. The van der Waals surface area contributed by atoms with Crippen LogP contribution in [0, 0.1) is 12.8 Å². The molecule has 4 rings (SSSR count). The van der Waals surface area contributed by atoms with Gasteiger partial charge < -0.3 is 14.2 Å². The van der Waals surface area contributed by atoms with Crippen LogP contribution in [0.3, 0.4) is 0 Å². The Morgan fingerprint density at radius 1 is 1.11 bits per heavy atom. The summed E-state index contributed by atoms with van der Waals surface area (Å²) in [7, 11) is 3.04. The third-order valence-electron chi connectivity index (χ3n) is 6.89. The Kier molecular flexibility index (Phi) is 7.30. The molecule has 0 radical (unpaired) electrons. The van der Waals surface area contributed by atoms with E-state index >= 15 is 0 Å². The van der Waals surface area contributed by atoms with Crippen molar-refractivity contribution in [2.24, 2.45) is 13.0 Å². The van der Waals surface area contributed by atoms with Crippen LogP contribution >= 0.6 is 23.2 Å². The Labute approximate surface area is 216 Å². The molecular weight excluding hydrogens is 516 g/mol. The Hall–Kier alpha value is -2.71. The van der Waals surface area contributed by atoms with Crippen LogP contribution in [-0.2, 0) is 29.2 Å². The highest BCUT2D eigenvalue weighted by atomic mass is 35.5. The van der Waals surface area contributed by atoms with E-state index in [1.54, 1.807) is 35.6 Å². The van der Waals surface area contributed by atoms with Crippen LogP contribution < -0.4 is 0 Å². The van der Waals surface area contributed by atoms with E-state index in [9.17, 15) is 22.8 Å². The number of aromatic nitrogens is 1. The van der Waals surface area contributed by atoms with Crippen LogP contribution in [0.5, 0.6) is 0 Å². The third-order valence-corrected chi connectivity index (χ3v) is 7.67. The minimum atomic E-state index is -4.45. The number of benzene rings is 2. The number of rotatable bonds is 4. The summed E-state index contributed by atoms with van der Waals surface area (Å²) in [5.41, 5.74) is 1.78. The zero-order valence-electron chi connectivity index (χ0n) is 20.0. The first kappa shape index (κ1) is 26.4. The minimum Gasteiger partial charge on any atom is -0.469 e. The highest BCUT2D eigenvalue weighted by Gasteiger charge is 2.32. The molecule has 192 valence electrons. The Morgan fingerprint density at radius 3 is 2.39 bits per heavy atom. The molecule has 1 amide bonds. The normalized spacial score (nSPS) is 14.9. The van der Waals surface area contributed by atoms with Crippen molar-refractivity contribution in [1.29, 1.82) is 0 Å². The fourth-order valence-electron chi connectivity index (χ4n) is 4.76. The molecule has 2 aromatic carbocycles. The number of piperidine rings is 1. The van der Waals surface area contributed by atoms with Crippen molar-refractivity contribution in [1.82, 2.24) is 9.47 Å². The number of fused-ring (bicyclic) bond motifs is 1. The van der Waals surface area contributed by atoms with Gasteiger partial charge in [-0.15, -0.1) is 0 Å². The van der Waals surface area contributed by atoms with E-state index in [0.717, 1.165) is 12.1 Å². The van der Waals surface area contributed by atoms with E-state index in [2.05, 4.69) is 0 Å². The molecule has 0 aliphatic carbocycles. The number of nitrogens with zero attached hydrogens (tertiary/aromatic N) is 2. The summed E-state index contributed by atoms with van der Waals surface area (Å²) in [5, 5.41) is 1.27. The van der Waals surface area contributed by atoms with Crippen molar-refractivity contribution < 1.29 is 27.5 Å². The second-order valence-electron chi connectivity index (χ2n) is 9.07. The first-order valence-electron chi connectivity index (χ1n) is 11.4. The maximum Gasteiger partial charge on any atom is 0.416 e. The SMILES string of the molecule is COC(=O)C1CCN(C(=O)c2ccc(Cl)c(Cc3cc4c(C)cc(C(F)(F)F)cc4n3C)c2Cl)CC1. The second-order valence-corrected chi connectivity index (χ2v) is 9.86. The summed E-state index contributed by atoms with van der Waals surface area (Å²) in [5.74, 6) is -0.770. The average Bonchev–Trinajstić information content (AvgIpc) is 3.16. The Bertz CT molecular complexity index is 1340. The summed E-state index contributed by atoms with van der Waals surface area (Å²) in [4.78, 5) is 26.7. The van der Waals surface area contributed by atoms with Gasteiger partial charge in [0.05, 0.1) is 29.2 Å². The number of halogens is 5. The van der Waals surface area contributed by atoms with Gasteiger partial charge in [-0.25, -0.2) is 0 Å². The number of hydrogen-bond acceptors (Lipinski definition) is 3. The van der Waals surface area contributed by atoms with Gasteiger partial charge in [-0.2, -0.15) is 13.2 Å². The van der Waals surface area contributed by atoms with Crippen molar-refractivity contribution in [3.8, 4) is 0 Å². The van der Waals surface area contributed by atoms with Crippen LogP contribution in [0.1, 0.15) is 45.6 Å². The van der Waals surface area contributed by atoms with Gasteiger partial charge in [0.25, 0.3) is 5.91 Å². The molecule has 3 aromatic rings. The van der Waals surface area contributed by atoms with E-state index in [1.165, 1.54) is 7.11 Å². The summed E-state index contributed by atoms with van der Waals surface area (Å²) in [6, 6.07) is 7.27. The van der Waals surface area contributed by atoms with E-state index in [1.807, 2.05) is 6.07 Å². The van der Waals surface area contributed by atoms with Crippen LogP contribution in [-0.4, -0.2) is 41.5 Å². The molecule has 1 saturated heterocycles. The zero-order valence-corrected chi connectivity index (χ0v) is 21.5. The molecule has 0 saturated carbocycles. The summed E-state index contributed by atoms with van der Waals surface area (Å²) in [6.07, 6.45) is -3.21. The number of likely N-dealkylation sites (tertiary alicyclic amines) is 1. The Balaban J connectivity index is 1.63. The summed E-state index contributed by atoms with van der Waals surface area (Å²) >= 11 is 13.1. The van der Waals surface area contributed by atoms with Crippen molar-refractivity contribution in [2.45, 2.75) is 32.4 Å². The number of alkyl halides is 3. The van der Waals surface area contributed by atoms with Crippen molar-refractivity contribution in [3.63, 3.8) is 0 Å². The predicted octanol–water partition coefficient (Wildman–Crippen LogP) is 6.43. The number of hydrogen-bond donors (Lipinski definition) is 0. The molecule has 1 aliphatic rings. The summed E-state index contributed by atoms with van der Waals surface area (Å²) < 4.78 is 46.5. The third kappa shape index (κ3) is 4.93. The molecule has 1 fully saturated rings. The van der Waals surface area contributed by atoms with Gasteiger partial charge in [-0.1, -0.05) is 23.2 Å². The van der Waals surface area contributed by atoms with Crippen molar-refractivity contribution in [3.05, 3.63) is 68.3 Å². The molecule has 36 heavy (non-hydrogen) atoms. The van der Waals surface area contributed by atoms with Crippen LogP contribution in [0.15, 0.2) is 30.3 Å². The number of aryl methyl sites for hydroxylation is 2. The first-order chi connectivity index (χ1) is 16.9. The quantitative estimate of drug-likeness (QED) is 0.358. The number of carbonyl (C=O) groups excluding carboxylic acids is 2. The minimum absolute atomic E-state index is 0.209. The standard InChI is InChI=1S/C26H25Cl2F3N2O3/c1-14-10-16(26(29,30)31)11-22-19(14)12-17(32(22)2)13-20-21(27)5-4-18(23(20)28)24(34)33-8-6-15(7-9-33)25(35)36-3/h4-5,10-12,15H,6-9,13H2,1-3H3. The van der Waals surface area contributed by atoms with Gasteiger partial charge in [0.15, 0.2) is 0 Å². The van der Waals surface area contributed by atoms with E-state index < -0.39 is 11.7 Å². The number of esters is 1. The lowest BCUT2D eigenvalue weighted by Crippen LogP contribution is -2.40. The monoisotopic (exact) mass is 540 g/mol. The van der Waals surface area contributed by atoms with E-state index in [0.29, 0.717) is 64.2 Å². The van der Waals surface area contributed by atoms with Gasteiger partial charge in [0.2, 0.25) is 0 Å². The molecule has 0 N–H and O–H groups in total. The molecule has 10 heteroatoms. The van der Waals surface area contributed by atoms with Crippen LogP contribution in [0.25, 0.3) is 10.9 Å². The largest absolute Gasteiger partial charge is 0.469 e. The van der Waals surface area contributed by atoms with Gasteiger partial charge in [0, 0.05) is 48.2 Å². The lowest BCUT2D eigenvalue weighted by atomic mass is 9.96. The highest BCUT2D eigenvalue weighted by molar-refractivity contribution is 6.38.